The summed E-state index contributed by atoms with van der Waals surface area (Å²) >= 11 is 0. The molecule has 28 heavy (non-hydrogen) atoms. The molecular formula is C22H23N3O3. The molecule has 0 bridgehead atoms. The lowest BCUT2D eigenvalue weighted by molar-refractivity contribution is -0.124. The van der Waals surface area contributed by atoms with Crippen molar-refractivity contribution in [3.8, 4) is 17.0 Å². The number of nitrogens with zero attached hydrogens (tertiary/aromatic N) is 2. The number of hydrogen-bond acceptors (Lipinski definition) is 4. The summed E-state index contributed by atoms with van der Waals surface area (Å²) in [5, 5.41) is 7.25. The Labute approximate surface area is 163 Å². The van der Waals surface area contributed by atoms with Crippen molar-refractivity contribution in [2.24, 2.45) is 0 Å². The zero-order chi connectivity index (χ0) is 19.9. The maximum Gasteiger partial charge on any atom is 0.267 e. The number of ether oxygens (including phenoxy) is 1. The third kappa shape index (κ3) is 4.65. The summed E-state index contributed by atoms with van der Waals surface area (Å²) in [5.41, 5.74) is 2.29. The van der Waals surface area contributed by atoms with E-state index in [1.54, 1.807) is 20.1 Å². The van der Waals surface area contributed by atoms with E-state index in [-0.39, 0.29) is 11.5 Å². The fraction of sp³-hybridized carbons (Fsp3) is 0.227. The normalized spacial score (nSPS) is 11.6. The van der Waals surface area contributed by atoms with E-state index in [9.17, 15) is 9.59 Å². The van der Waals surface area contributed by atoms with E-state index in [4.69, 9.17) is 4.74 Å². The highest BCUT2D eigenvalue weighted by atomic mass is 16.5. The van der Waals surface area contributed by atoms with Crippen molar-refractivity contribution in [3.63, 3.8) is 0 Å². The molecule has 3 aromatic rings. The van der Waals surface area contributed by atoms with Gasteiger partial charge in [0.2, 0.25) is 5.91 Å². The Morgan fingerprint density at radius 3 is 2.64 bits per heavy atom. The number of benzene rings is 2. The van der Waals surface area contributed by atoms with Crippen LogP contribution in [0.1, 0.15) is 18.5 Å². The first-order valence-electron chi connectivity index (χ1n) is 9.14. The molecule has 2 aromatic carbocycles. The Kier molecular flexibility index (Phi) is 6.22. The smallest absolute Gasteiger partial charge is 0.267 e. The number of hydrogen-bond donors (Lipinski definition) is 1. The lowest BCUT2D eigenvalue weighted by Crippen LogP contribution is -2.37. The summed E-state index contributed by atoms with van der Waals surface area (Å²) < 4.78 is 6.43. The standard InChI is InChI=1S/C22H23N3O3/c1-16(22(27)23-14-13-17-7-6-10-19(15-17)28-2)25-21(26)12-11-20(24-25)18-8-4-3-5-9-18/h3-12,15-16H,13-14H2,1-2H3,(H,23,27). The number of nitrogens with one attached hydrogen (secondary N) is 1. The van der Waals surface area contributed by atoms with Crippen LogP contribution < -0.4 is 15.6 Å². The molecule has 1 heterocycles. The zero-order valence-electron chi connectivity index (χ0n) is 16.0. The molecule has 3 rings (SSSR count). The lowest BCUT2D eigenvalue weighted by atomic mass is 10.1. The van der Waals surface area contributed by atoms with Gasteiger partial charge in [0, 0.05) is 18.2 Å². The van der Waals surface area contributed by atoms with E-state index in [2.05, 4.69) is 10.4 Å². The molecule has 0 radical (unpaired) electrons. The van der Waals surface area contributed by atoms with Crippen molar-refractivity contribution >= 4 is 5.91 Å². The molecule has 0 aliphatic rings. The van der Waals surface area contributed by atoms with E-state index in [1.165, 1.54) is 10.7 Å². The van der Waals surface area contributed by atoms with Gasteiger partial charge in [0.05, 0.1) is 12.8 Å². The summed E-state index contributed by atoms with van der Waals surface area (Å²) in [6, 6.07) is 19.7. The van der Waals surface area contributed by atoms with Crippen molar-refractivity contribution in [1.82, 2.24) is 15.1 Å². The predicted octanol–water partition coefficient (Wildman–Crippen LogP) is 2.84. The van der Waals surface area contributed by atoms with Gasteiger partial charge in [0.1, 0.15) is 11.8 Å². The first kappa shape index (κ1) is 19.4. The highest BCUT2D eigenvalue weighted by molar-refractivity contribution is 5.79. The summed E-state index contributed by atoms with van der Waals surface area (Å²) in [6.45, 7) is 2.13. The predicted molar refractivity (Wildman–Crippen MR) is 108 cm³/mol. The van der Waals surface area contributed by atoms with Gasteiger partial charge in [-0.2, -0.15) is 5.10 Å². The minimum absolute atomic E-state index is 0.247. The second kappa shape index (κ2) is 8.99. The van der Waals surface area contributed by atoms with Gasteiger partial charge in [-0.3, -0.25) is 9.59 Å². The fourth-order valence-electron chi connectivity index (χ4n) is 2.88. The topological polar surface area (TPSA) is 73.2 Å². The van der Waals surface area contributed by atoms with E-state index in [0.29, 0.717) is 18.7 Å². The SMILES string of the molecule is COc1cccc(CCNC(=O)C(C)n2nc(-c3ccccc3)ccc2=O)c1. The molecule has 144 valence electrons. The van der Waals surface area contributed by atoms with E-state index in [1.807, 2.05) is 54.6 Å². The molecule has 0 saturated carbocycles. The Bertz CT molecular complexity index is 999. The lowest BCUT2D eigenvalue weighted by Gasteiger charge is -2.15. The van der Waals surface area contributed by atoms with Crippen molar-refractivity contribution < 1.29 is 9.53 Å². The molecule has 1 aromatic heterocycles. The first-order chi connectivity index (χ1) is 13.6. The van der Waals surface area contributed by atoms with Crippen molar-refractivity contribution in [2.75, 3.05) is 13.7 Å². The van der Waals surface area contributed by atoms with Gasteiger partial charge < -0.3 is 10.1 Å². The molecule has 1 amide bonds. The maximum absolute atomic E-state index is 12.5. The van der Waals surface area contributed by atoms with E-state index >= 15 is 0 Å². The van der Waals surface area contributed by atoms with Gasteiger partial charge in [0.25, 0.3) is 5.56 Å². The number of carbonyl (C=O) groups is 1. The monoisotopic (exact) mass is 377 g/mol. The molecule has 6 heteroatoms. The number of methoxy groups -OCH3 is 1. The van der Waals surface area contributed by atoms with Crippen LogP contribution in [0.25, 0.3) is 11.3 Å². The van der Waals surface area contributed by atoms with Gasteiger partial charge in [-0.15, -0.1) is 0 Å². The van der Waals surface area contributed by atoms with Crippen molar-refractivity contribution in [2.45, 2.75) is 19.4 Å². The average molecular weight is 377 g/mol. The zero-order valence-corrected chi connectivity index (χ0v) is 16.0. The molecule has 0 saturated heterocycles. The largest absolute Gasteiger partial charge is 0.497 e. The van der Waals surface area contributed by atoms with Crippen LogP contribution >= 0.6 is 0 Å². The van der Waals surface area contributed by atoms with E-state index < -0.39 is 6.04 Å². The third-order valence-electron chi connectivity index (χ3n) is 4.49. The van der Waals surface area contributed by atoms with Crippen molar-refractivity contribution in [3.05, 3.63) is 82.6 Å². The molecule has 0 fully saturated rings. The van der Waals surface area contributed by atoms with Gasteiger partial charge >= 0.3 is 0 Å². The number of rotatable bonds is 7. The fourth-order valence-corrected chi connectivity index (χ4v) is 2.88. The summed E-state index contributed by atoms with van der Waals surface area (Å²) in [4.78, 5) is 24.7. The van der Waals surface area contributed by atoms with Crippen LogP contribution in [0, 0.1) is 0 Å². The minimum Gasteiger partial charge on any atom is -0.497 e. The second-order valence-electron chi connectivity index (χ2n) is 6.44. The molecule has 0 aliphatic carbocycles. The molecular weight excluding hydrogens is 354 g/mol. The summed E-state index contributed by atoms with van der Waals surface area (Å²) in [6.07, 6.45) is 0.669. The van der Waals surface area contributed by atoms with Gasteiger partial charge in [-0.25, -0.2) is 4.68 Å². The van der Waals surface area contributed by atoms with Gasteiger partial charge in [0.15, 0.2) is 0 Å². The Morgan fingerprint density at radius 2 is 1.89 bits per heavy atom. The second-order valence-corrected chi connectivity index (χ2v) is 6.44. The van der Waals surface area contributed by atoms with Crippen LogP contribution in [-0.2, 0) is 11.2 Å². The number of amides is 1. The van der Waals surface area contributed by atoms with E-state index in [0.717, 1.165) is 16.9 Å². The van der Waals surface area contributed by atoms with Crippen LogP contribution in [0.3, 0.4) is 0 Å². The maximum atomic E-state index is 12.5. The Morgan fingerprint density at radius 1 is 1.11 bits per heavy atom. The Hall–Kier alpha value is -3.41. The van der Waals surface area contributed by atoms with Crippen LogP contribution in [0.2, 0.25) is 0 Å². The molecule has 6 nitrogen and oxygen atoms in total. The highest BCUT2D eigenvalue weighted by Crippen LogP contribution is 2.15. The molecule has 1 N–H and O–H groups in total. The highest BCUT2D eigenvalue weighted by Gasteiger charge is 2.17. The van der Waals surface area contributed by atoms with Crippen LogP contribution in [0.15, 0.2) is 71.5 Å². The molecule has 1 unspecified atom stereocenters. The number of carbonyl (C=O) groups excluding carboxylic acids is 1. The quantitative estimate of drug-likeness (QED) is 0.687. The van der Waals surface area contributed by atoms with Crippen molar-refractivity contribution in [1.29, 1.82) is 0 Å². The minimum atomic E-state index is -0.707. The molecule has 0 spiro atoms. The Balaban J connectivity index is 1.66. The third-order valence-corrected chi connectivity index (χ3v) is 4.49. The van der Waals surface area contributed by atoms with Crippen LogP contribution in [0.5, 0.6) is 5.75 Å². The number of aromatic nitrogens is 2. The molecule has 0 aliphatic heterocycles. The summed E-state index contributed by atoms with van der Waals surface area (Å²) in [5.74, 6) is 0.536. The van der Waals surface area contributed by atoms with Crippen LogP contribution in [0.4, 0.5) is 0 Å². The van der Waals surface area contributed by atoms with Gasteiger partial charge in [-0.1, -0.05) is 42.5 Å². The first-order valence-corrected chi connectivity index (χ1v) is 9.14. The molecule has 1 atom stereocenters. The average Bonchev–Trinajstić information content (AvgIpc) is 2.74. The van der Waals surface area contributed by atoms with Gasteiger partial charge in [-0.05, 0) is 37.1 Å². The summed E-state index contributed by atoms with van der Waals surface area (Å²) in [7, 11) is 1.62. The van der Waals surface area contributed by atoms with Crippen LogP contribution in [-0.4, -0.2) is 29.3 Å².